The van der Waals surface area contributed by atoms with Crippen molar-refractivity contribution in [2.45, 2.75) is 26.3 Å². The van der Waals surface area contributed by atoms with E-state index < -0.39 is 17.8 Å². The van der Waals surface area contributed by atoms with Crippen LogP contribution in [0, 0.1) is 11.7 Å². The predicted molar refractivity (Wildman–Crippen MR) is 129 cm³/mol. The highest BCUT2D eigenvalue weighted by molar-refractivity contribution is 6.20. The molecule has 1 aliphatic rings. The molecule has 1 aliphatic heterocycles. The smallest absolute Gasteiger partial charge is 0.252 e. The number of para-hydroxylation sites is 1. The number of aliphatic imine (C=N–C) groups is 1. The van der Waals surface area contributed by atoms with Gasteiger partial charge in [0, 0.05) is 16.8 Å². The molecule has 0 radical (unpaired) electrons. The summed E-state index contributed by atoms with van der Waals surface area (Å²) in [5.74, 6) is -0.836. The van der Waals surface area contributed by atoms with Gasteiger partial charge in [0.25, 0.3) is 5.91 Å². The fourth-order valence-electron chi connectivity index (χ4n) is 3.99. The molecule has 1 N–H and O–H groups in total. The average Bonchev–Trinajstić information content (AvgIpc) is 2.90. The molecular formula is C27H26FN3O2. The van der Waals surface area contributed by atoms with Crippen molar-refractivity contribution in [1.29, 1.82) is 0 Å². The van der Waals surface area contributed by atoms with Gasteiger partial charge in [-0.25, -0.2) is 4.39 Å². The Morgan fingerprint density at radius 1 is 1.03 bits per heavy atom. The van der Waals surface area contributed by atoms with Gasteiger partial charge in [-0.3, -0.25) is 14.6 Å². The van der Waals surface area contributed by atoms with Crippen LogP contribution in [-0.4, -0.2) is 30.1 Å². The lowest BCUT2D eigenvalue weighted by atomic mass is 10.00. The third kappa shape index (κ3) is 5.17. The number of hydrogen-bond donors (Lipinski definition) is 1. The van der Waals surface area contributed by atoms with Gasteiger partial charge in [-0.1, -0.05) is 68.4 Å². The Balaban J connectivity index is 1.73. The average molecular weight is 444 g/mol. The van der Waals surface area contributed by atoms with Gasteiger partial charge in [0.05, 0.1) is 11.4 Å². The van der Waals surface area contributed by atoms with Gasteiger partial charge >= 0.3 is 0 Å². The van der Waals surface area contributed by atoms with Gasteiger partial charge in [0.1, 0.15) is 18.4 Å². The van der Waals surface area contributed by atoms with Crippen LogP contribution in [0.3, 0.4) is 0 Å². The summed E-state index contributed by atoms with van der Waals surface area (Å²) >= 11 is 0. The first kappa shape index (κ1) is 22.4. The summed E-state index contributed by atoms with van der Waals surface area (Å²) in [5, 5.41) is 2.69. The van der Waals surface area contributed by atoms with E-state index in [0.29, 0.717) is 17.8 Å². The van der Waals surface area contributed by atoms with Crippen molar-refractivity contribution in [2.24, 2.45) is 10.9 Å². The molecule has 4 rings (SSSR count). The monoisotopic (exact) mass is 443 g/mol. The molecule has 6 heteroatoms. The summed E-state index contributed by atoms with van der Waals surface area (Å²) in [6, 6.07) is 22.3. The number of nitrogens with one attached hydrogen (secondary N) is 1. The van der Waals surface area contributed by atoms with E-state index in [9.17, 15) is 14.0 Å². The summed E-state index contributed by atoms with van der Waals surface area (Å²) in [5.41, 5.74) is 3.42. The molecule has 1 atom stereocenters. The number of fused-ring (bicyclic) bond motifs is 1. The third-order valence-corrected chi connectivity index (χ3v) is 5.44. The number of nitrogens with zero attached hydrogens (tertiary/aromatic N) is 2. The Morgan fingerprint density at radius 3 is 2.48 bits per heavy atom. The maximum Gasteiger partial charge on any atom is 0.252 e. The van der Waals surface area contributed by atoms with Gasteiger partial charge in [-0.2, -0.15) is 0 Å². The van der Waals surface area contributed by atoms with Gasteiger partial charge < -0.3 is 10.2 Å². The van der Waals surface area contributed by atoms with Crippen LogP contribution in [0.4, 0.5) is 15.8 Å². The van der Waals surface area contributed by atoms with Gasteiger partial charge in [0.15, 0.2) is 0 Å². The molecule has 0 bridgehead atoms. The lowest BCUT2D eigenvalue weighted by molar-refractivity contribution is -0.122. The van der Waals surface area contributed by atoms with Crippen LogP contribution in [0.15, 0.2) is 83.9 Å². The SMILES string of the molecule is CC(C)CC1N=C(c2ccccc2)c2ccccc2N(CC(=O)Nc2cccc(F)c2)C1=O. The first-order chi connectivity index (χ1) is 15.9. The zero-order valence-electron chi connectivity index (χ0n) is 18.7. The van der Waals surface area contributed by atoms with E-state index in [-0.39, 0.29) is 18.4 Å². The van der Waals surface area contributed by atoms with Crippen LogP contribution in [0.5, 0.6) is 0 Å². The molecule has 0 saturated carbocycles. The van der Waals surface area contributed by atoms with Crippen molar-refractivity contribution in [2.75, 3.05) is 16.8 Å². The standard InChI is InChI=1S/C27H26FN3O2/c1-18(2)15-23-27(33)31(17-25(32)29-21-12-8-11-20(28)16-21)24-14-7-6-13-22(24)26(30-23)19-9-4-3-5-10-19/h3-14,16,18,23H,15,17H2,1-2H3,(H,29,32). The molecular weight excluding hydrogens is 417 g/mol. The molecule has 33 heavy (non-hydrogen) atoms. The molecule has 5 nitrogen and oxygen atoms in total. The van der Waals surface area contributed by atoms with Gasteiger partial charge in [0.2, 0.25) is 5.91 Å². The molecule has 1 heterocycles. The van der Waals surface area contributed by atoms with Crippen LogP contribution in [0.1, 0.15) is 31.4 Å². The highest BCUT2D eigenvalue weighted by atomic mass is 19.1. The van der Waals surface area contributed by atoms with Crippen LogP contribution in [0.25, 0.3) is 0 Å². The molecule has 1 unspecified atom stereocenters. The number of benzene rings is 3. The van der Waals surface area contributed by atoms with Crippen molar-refractivity contribution in [1.82, 2.24) is 0 Å². The highest BCUT2D eigenvalue weighted by Gasteiger charge is 2.33. The number of rotatable bonds is 6. The second kappa shape index (κ2) is 9.77. The Labute approximate surface area is 193 Å². The molecule has 2 amide bonds. The van der Waals surface area contributed by atoms with Crippen molar-refractivity contribution in [3.63, 3.8) is 0 Å². The van der Waals surface area contributed by atoms with Crippen molar-refractivity contribution < 1.29 is 14.0 Å². The van der Waals surface area contributed by atoms with E-state index in [2.05, 4.69) is 5.32 Å². The van der Waals surface area contributed by atoms with Crippen LogP contribution < -0.4 is 10.2 Å². The number of carbonyl (C=O) groups excluding carboxylic acids is 2. The summed E-state index contributed by atoms with van der Waals surface area (Å²) in [4.78, 5) is 32.9. The van der Waals surface area contributed by atoms with E-state index in [1.165, 1.54) is 23.1 Å². The molecule has 3 aromatic rings. The van der Waals surface area contributed by atoms with E-state index in [4.69, 9.17) is 4.99 Å². The minimum atomic E-state index is -0.616. The van der Waals surface area contributed by atoms with Crippen LogP contribution >= 0.6 is 0 Å². The normalized spacial score (nSPS) is 15.6. The Hall–Kier alpha value is -3.80. The highest BCUT2D eigenvalue weighted by Crippen LogP contribution is 2.30. The number of halogens is 1. The molecule has 3 aromatic carbocycles. The third-order valence-electron chi connectivity index (χ3n) is 5.44. The summed E-state index contributed by atoms with van der Waals surface area (Å²) in [6.07, 6.45) is 0.561. The quantitative estimate of drug-likeness (QED) is 0.579. The molecule has 0 saturated heterocycles. The number of carbonyl (C=O) groups is 2. The summed E-state index contributed by atoms with van der Waals surface area (Å²) in [6.45, 7) is 3.90. The minimum Gasteiger partial charge on any atom is -0.324 e. The fourth-order valence-corrected chi connectivity index (χ4v) is 3.99. The Morgan fingerprint density at radius 2 is 1.76 bits per heavy atom. The number of amides is 2. The van der Waals surface area contributed by atoms with Crippen molar-refractivity contribution >= 4 is 28.9 Å². The second-order valence-corrected chi connectivity index (χ2v) is 8.49. The lowest BCUT2D eigenvalue weighted by Gasteiger charge is -2.25. The first-order valence-corrected chi connectivity index (χ1v) is 11.0. The zero-order valence-corrected chi connectivity index (χ0v) is 18.7. The van der Waals surface area contributed by atoms with Crippen molar-refractivity contribution in [3.05, 3.63) is 95.8 Å². The molecule has 168 valence electrons. The van der Waals surface area contributed by atoms with Crippen LogP contribution in [0.2, 0.25) is 0 Å². The first-order valence-electron chi connectivity index (χ1n) is 11.0. The largest absolute Gasteiger partial charge is 0.324 e. The maximum absolute atomic E-state index is 13.6. The van der Waals surface area contributed by atoms with Crippen LogP contribution in [-0.2, 0) is 9.59 Å². The molecule has 0 fully saturated rings. The number of anilines is 2. The van der Waals surface area contributed by atoms with E-state index in [0.717, 1.165) is 16.8 Å². The number of hydrogen-bond acceptors (Lipinski definition) is 3. The Kier molecular flexibility index (Phi) is 6.63. The number of benzodiazepines with no additional fused rings is 1. The fraction of sp³-hybridized carbons (Fsp3) is 0.222. The molecule has 0 aliphatic carbocycles. The lowest BCUT2D eigenvalue weighted by Crippen LogP contribution is -2.43. The zero-order chi connectivity index (χ0) is 23.4. The second-order valence-electron chi connectivity index (χ2n) is 8.49. The van der Waals surface area contributed by atoms with Crippen molar-refractivity contribution in [3.8, 4) is 0 Å². The van der Waals surface area contributed by atoms with Gasteiger partial charge in [-0.15, -0.1) is 0 Å². The minimum absolute atomic E-state index is 0.196. The van der Waals surface area contributed by atoms with E-state index in [1.807, 2.05) is 68.4 Å². The summed E-state index contributed by atoms with van der Waals surface area (Å²) < 4.78 is 13.5. The summed E-state index contributed by atoms with van der Waals surface area (Å²) in [7, 11) is 0. The topological polar surface area (TPSA) is 61.8 Å². The van der Waals surface area contributed by atoms with E-state index >= 15 is 0 Å². The van der Waals surface area contributed by atoms with Gasteiger partial charge in [-0.05, 0) is 36.6 Å². The van der Waals surface area contributed by atoms with E-state index in [1.54, 1.807) is 6.07 Å². The Bertz CT molecular complexity index is 1190. The molecule has 0 spiro atoms. The predicted octanol–water partition coefficient (Wildman–Crippen LogP) is 5.06. The maximum atomic E-state index is 13.6. The molecule has 0 aromatic heterocycles.